The van der Waals surface area contributed by atoms with Crippen molar-refractivity contribution in [2.45, 2.75) is 33.7 Å². The molecule has 0 aliphatic rings. The molecule has 0 aromatic rings. The van der Waals surface area contributed by atoms with Gasteiger partial charge in [-0.1, -0.05) is 27.7 Å². The van der Waals surface area contributed by atoms with Crippen molar-refractivity contribution in [3.05, 3.63) is 0 Å². The van der Waals surface area contributed by atoms with Gasteiger partial charge in [0, 0.05) is 12.0 Å². The van der Waals surface area contributed by atoms with Crippen LogP contribution in [0.3, 0.4) is 0 Å². The molecule has 0 atom stereocenters. The van der Waals surface area contributed by atoms with E-state index < -0.39 is 74.1 Å². The summed E-state index contributed by atoms with van der Waals surface area (Å²) in [5, 5.41) is 21.0. The predicted octanol–water partition coefficient (Wildman–Crippen LogP) is -5.86. The van der Waals surface area contributed by atoms with E-state index in [1.807, 2.05) is 13.8 Å². The number of rotatable bonds is 20. The molecule has 0 saturated heterocycles. The third-order valence-corrected chi connectivity index (χ3v) is 4.90. The molecule has 0 heterocycles. The SMILES string of the molecule is CC(C)NCC(=O)NCC(=O)NCC(=O)NCC(=O)NCC(=O)NCC(=O)NCC(=O)NCC(=O)NCC(=O)C(C)C. The highest BCUT2D eigenvalue weighted by atomic mass is 16.2. The highest BCUT2D eigenvalue weighted by Crippen LogP contribution is 1.91. The number of amides is 8. The Labute approximate surface area is 243 Å². The fourth-order valence-corrected chi connectivity index (χ4v) is 2.44. The Balaban J connectivity index is 3.96. The second-order valence-electron chi connectivity index (χ2n) is 9.37. The first-order valence-electron chi connectivity index (χ1n) is 13.1. The highest BCUT2D eigenvalue weighted by Gasteiger charge is 2.13. The first-order valence-corrected chi connectivity index (χ1v) is 13.1. The summed E-state index contributed by atoms with van der Waals surface area (Å²) in [4.78, 5) is 105. The molecule has 18 nitrogen and oxygen atoms in total. The van der Waals surface area contributed by atoms with Crippen molar-refractivity contribution in [3.63, 3.8) is 0 Å². The van der Waals surface area contributed by atoms with Crippen molar-refractivity contribution in [2.24, 2.45) is 5.92 Å². The van der Waals surface area contributed by atoms with Gasteiger partial charge in [-0.25, -0.2) is 0 Å². The molecular weight excluding hydrogens is 558 g/mol. The molecule has 0 aliphatic heterocycles. The summed E-state index contributed by atoms with van der Waals surface area (Å²) < 4.78 is 0. The van der Waals surface area contributed by atoms with E-state index in [-0.39, 0.29) is 49.8 Å². The molecule has 0 fully saturated rings. The summed E-state index contributed by atoms with van der Waals surface area (Å²) in [6.07, 6.45) is 0. The zero-order chi connectivity index (χ0) is 32.1. The maximum absolute atomic E-state index is 11.8. The molecule has 0 bridgehead atoms. The van der Waals surface area contributed by atoms with Gasteiger partial charge in [0.25, 0.3) is 0 Å². The number of hydrogen-bond donors (Lipinski definition) is 9. The van der Waals surface area contributed by atoms with Crippen LogP contribution in [-0.2, 0) is 43.2 Å². The molecular formula is C24H41N9O9. The zero-order valence-electron chi connectivity index (χ0n) is 24.2. The molecule has 42 heavy (non-hydrogen) atoms. The lowest BCUT2D eigenvalue weighted by atomic mass is 10.1. The smallest absolute Gasteiger partial charge is 0.239 e. The fraction of sp³-hybridized carbons (Fsp3) is 0.625. The van der Waals surface area contributed by atoms with Gasteiger partial charge in [-0.3, -0.25) is 43.2 Å². The molecule has 9 N–H and O–H groups in total. The number of carbonyl (C=O) groups is 9. The normalized spacial score (nSPS) is 10.2. The second kappa shape index (κ2) is 21.2. The van der Waals surface area contributed by atoms with E-state index in [0.29, 0.717) is 0 Å². The third-order valence-electron chi connectivity index (χ3n) is 4.90. The first kappa shape index (κ1) is 37.4. The molecule has 18 heteroatoms. The van der Waals surface area contributed by atoms with Crippen LogP contribution in [0.25, 0.3) is 0 Å². The summed E-state index contributed by atoms with van der Waals surface area (Å²) in [5.41, 5.74) is 0. The van der Waals surface area contributed by atoms with E-state index in [1.54, 1.807) is 13.8 Å². The maximum Gasteiger partial charge on any atom is 0.239 e. The van der Waals surface area contributed by atoms with Gasteiger partial charge in [-0.15, -0.1) is 0 Å². The van der Waals surface area contributed by atoms with E-state index in [9.17, 15) is 43.2 Å². The van der Waals surface area contributed by atoms with Crippen LogP contribution in [-0.4, -0.2) is 118 Å². The average Bonchev–Trinajstić information content (AvgIpc) is 2.94. The number of nitrogens with one attached hydrogen (secondary N) is 9. The lowest BCUT2D eigenvalue weighted by Crippen LogP contribution is -2.47. The summed E-state index contributed by atoms with van der Waals surface area (Å²) in [6.45, 7) is 3.88. The zero-order valence-corrected chi connectivity index (χ0v) is 24.2. The van der Waals surface area contributed by atoms with Crippen molar-refractivity contribution in [1.29, 1.82) is 0 Å². The number of hydrogen-bond acceptors (Lipinski definition) is 10. The Morgan fingerprint density at radius 1 is 0.357 bits per heavy atom. The predicted molar refractivity (Wildman–Crippen MR) is 147 cm³/mol. The molecule has 0 radical (unpaired) electrons. The summed E-state index contributed by atoms with van der Waals surface area (Å²) in [7, 11) is 0. The van der Waals surface area contributed by atoms with Crippen LogP contribution in [0.15, 0.2) is 0 Å². The van der Waals surface area contributed by atoms with Crippen LogP contribution in [0.4, 0.5) is 0 Å². The minimum Gasteiger partial charge on any atom is -0.347 e. The Hall–Kier alpha value is -4.61. The molecule has 236 valence electrons. The minimum absolute atomic E-state index is 0.0396. The summed E-state index contributed by atoms with van der Waals surface area (Å²) in [6, 6.07) is 0.0996. The van der Waals surface area contributed by atoms with E-state index in [1.165, 1.54) is 0 Å². The number of carbonyl (C=O) groups excluding carboxylic acids is 9. The van der Waals surface area contributed by atoms with Gasteiger partial charge < -0.3 is 47.9 Å². The maximum atomic E-state index is 11.8. The quantitative estimate of drug-likeness (QED) is 0.0640. The van der Waals surface area contributed by atoms with Gasteiger partial charge in [0.2, 0.25) is 47.3 Å². The van der Waals surface area contributed by atoms with Crippen molar-refractivity contribution >= 4 is 53.0 Å². The Bertz CT molecular complexity index is 1000. The van der Waals surface area contributed by atoms with Crippen LogP contribution in [0.2, 0.25) is 0 Å². The number of ketones is 1. The second-order valence-corrected chi connectivity index (χ2v) is 9.37. The average molecular weight is 600 g/mol. The molecule has 0 rings (SSSR count). The van der Waals surface area contributed by atoms with Crippen molar-refractivity contribution in [1.82, 2.24) is 47.9 Å². The van der Waals surface area contributed by atoms with E-state index >= 15 is 0 Å². The fourth-order valence-electron chi connectivity index (χ4n) is 2.44. The van der Waals surface area contributed by atoms with Gasteiger partial charge >= 0.3 is 0 Å². The van der Waals surface area contributed by atoms with Crippen LogP contribution < -0.4 is 47.9 Å². The van der Waals surface area contributed by atoms with Crippen LogP contribution in [0.5, 0.6) is 0 Å². The molecule has 0 unspecified atom stereocenters. The molecule has 0 saturated carbocycles. The van der Waals surface area contributed by atoms with E-state index in [2.05, 4.69) is 47.9 Å². The molecule has 8 amide bonds. The Morgan fingerprint density at radius 3 is 0.786 bits per heavy atom. The first-order chi connectivity index (χ1) is 19.7. The largest absolute Gasteiger partial charge is 0.347 e. The lowest BCUT2D eigenvalue weighted by Gasteiger charge is -2.10. The third kappa shape index (κ3) is 21.2. The monoisotopic (exact) mass is 599 g/mol. The molecule has 0 aliphatic carbocycles. The highest BCUT2D eigenvalue weighted by molar-refractivity contribution is 5.93. The molecule has 0 aromatic heterocycles. The lowest BCUT2D eigenvalue weighted by molar-refractivity contribution is -0.130. The van der Waals surface area contributed by atoms with E-state index in [0.717, 1.165) is 0 Å². The van der Waals surface area contributed by atoms with Crippen LogP contribution >= 0.6 is 0 Å². The summed E-state index contributed by atoms with van der Waals surface area (Å²) >= 11 is 0. The topological polar surface area (TPSA) is 262 Å². The van der Waals surface area contributed by atoms with Crippen LogP contribution in [0, 0.1) is 5.92 Å². The van der Waals surface area contributed by atoms with Crippen molar-refractivity contribution < 1.29 is 43.2 Å². The van der Waals surface area contributed by atoms with Gasteiger partial charge in [0.1, 0.15) is 0 Å². The van der Waals surface area contributed by atoms with Gasteiger partial charge in [-0.2, -0.15) is 0 Å². The minimum atomic E-state index is -0.722. The molecule has 0 spiro atoms. The Morgan fingerprint density at radius 2 is 0.571 bits per heavy atom. The summed E-state index contributed by atoms with van der Waals surface area (Å²) in [5.74, 6) is -5.46. The van der Waals surface area contributed by atoms with Gasteiger partial charge in [0.05, 0.1) is 58.9 Å². The van der Waals surface area contributed by atoms with Crippen molar-refractivity contribution in [2.75, 3.05) is 58.9 Å². The van der Waals surface area contributed by atoms with Crippen LogP contribution in [0.1, 0.15) is 27.7 Å². The Kier molecular flexibility index (Phi) is 18.9. The van der Waals surface area contributed by atoms with E-state index in [4.69, 9.17) is 0 Å². The van der Waals surface area contributed by atoms with Crippen molar-refractivity contribution in [3.8, 4) is 0 Å². The number of Topliss-reactive ketones (excluding diaryl/α,β-unsaturated/α-hetero) is 1. The standard InChI is InChI=1S/C24H41N9O9/c1-14(2)16(34)5-26-18(36)7-28-20(38)9-30-22(40)11-32-24(42)13-33-23(41)12-31-21(39)10-29-19(37)8-27-17(35)6-25-15(3)4/h14-15,25H,5-13H2,1-4H3,(H,26,36)(H,27,35)(H,28,38)(H,29,37)(H,30,40)(H,31,39)(H,32,42)(H,33,41). The van der Waals surface area contributed by atoms with Gasteiger partial charge in [-0.05, 0) is 0 Å². The molecule has 0 aromatic carbocycles. The van der Waals surface area contributed by atoms with Gasteiger partial charge in [0.15, 0.2) is 5.78 Å².